The standard InChI is InChI=1S/C34H42FN3O4S/c1-4-27-11-9-10-14-32(27)38(43(41,42)30-21-15-25(3)16-22-30)24-33(39)37(23-26-17-19-28(35)20-18-26)31(5-2)34(40)36-29-12-7-6-8-13-29/h9-11,14-22,29,31H,4-8,12-13,23-24H2,1-3H3,(H,36,40). The molecule has 1 fully saturated rings. The van der Waals surface area contributed by atoms with Gasteiger partial charge in [0.05, 0.1) is 10.6 Å². The highest BCUT2D eigenvalue weighted by molar-refractivity contribution is 7.92. The fraction of sp³-hybridized carbons (Fsp3) is 0.412. The molecule has 0 radical (unpaired) electrons. The highest BCUT2D eigenvalue weighted by atomic mass is 32.2. The van der Waals surface area contributed by atoms with E-state index in [0.717, 1.165) is 47.5 Å². The molecule has 0 aliphatic heterocycles. The number of carbonyl (C=O) groups is 2. The molecule has 0 spiro atoms. The molecule has 2 amide bonds. The van der Waals surface area contributed by atoms with Crippen molar-refractivity contribution in [2.24, 2.45) is 0 Å². The van der Waals surface area contributed by atoms with Crippen molar-refractivity contribution in [1.29, 1.82) is 0 Å². The van der Waals surface area contributed by atoms with E-state index in [4.69, 9.17) is 0 Å². The predicted molar refractivity (Wildman–Crippen MR) is 168 cm³/mol. The zero-order valence-electron chi connectivity index (χ0n) is 25.3. The van der Waals surface area contributed by atoms with Gasteiger partial charge in [-0.3, -0.25) is 13.9 Å². The molecule has 230 valence electrons. The second kappa shape index (κ2) is 14.6. The van der Waals surface area contributed by atoms with E-state index in [2.05, 4.69) is 5.32 Å². The second-order valence-electron chi connectivity index (χ2n) is 11.2. The van der Waals surface area contributed by atoms with Crippen LogP contribution in [0, 0.1) is 12.7 Å². The molecule has 3 aromatic rings. The number of para-hydroxylation sites is 1. The predicted octanol–water partition coefficient (Wildman–Crippen LogP) is 6.15. The smallest absolute Gasteiger partial charge is 0.264 e. The molecule has 1 aliphatic carbocycles. The van der Waals surface area contributed by atoms with Gasteiger partial charge in [0.15, 0.2) is 0 Å². The molecule has 1 unspecified atom stereocenters. The number of nitrogens with zero attached hydrogens (tertiary/aromatic N) is 2. The van der Waals surface area contributed by atoms with E-state index in [0.29, 0.717) is 24.1 Å². The number of hydrogen-bond donors (Lipinski definition) is 1. The fourth-order valence-electron chi connectivity index (χ4n) is 5.65. The van der Waals surface area contributed by atoms with E-state index in [1.807, 2.05) is 32.9 Å². The molecular formula is C34H42FN3O4S. The number of hydrogen-bond acceptors (Lipinski definition) is 4. The molecule has 7 nitrogen and oxygen atoms in total. The second-order valence-corrected chi connectivity index (χ2v) is 13.1. The lowest BCUT2D eigenvalue weighted by molar-refractivity contribution is -0.140. The summed E-state index contributed by atoms with van der Waals surface area (Å²) in [6, 6.07) is 18.7. The Balaban J connectivity index is 1.73. The van der Waals surface area contributed by atoms with Crippen molar-refractivity contribution in [2.75, 3.05) is 10.8 Å². The van der Waals surface area contributed by atoms with Crippen molar-refractivity contribution in [3.8, 4) is 0 Å². The first kappa shape index (κ1) is 32.2. The van der Waals surface area contributed by atoms with Crippen LogP contribution in [0.4, 0.5) is 10.1 Å². The molecule has 1 aliphatic rings. The molecule has 1 atom stereocenters. The van der Waals surface area contributed by atoms with Gasteiger partial charge in [0.25, 0.3) is 10.0 Å². The largest absolute Gasteiger partial charge is 0.352 e. The van der Waals surface area contributed by atoms with E-state index in [1.165, 1.54) is 17.0 Å². The van der Waals surface area contributed by atoms with Crippen molar-refractivity contribution in [2.45, 2.75) is 89.2 Å². The highest BCUT2D eigenvalue weighted by Crippen LogP contribution is 2.29. The fourth-order valence-corrected chi connectivity index (χ4v) is 7.11. The minimum atomic E-state index is -4.15. The maximum Gasteiger partial charge on any atom is 0.264 e. The van der Waals surface area contributed by atoms with Crippen LogP contribution in [-0.2, 0) is 32.6 Å². The van der Waals surface area contributed by atoms with Gasteiger partial charge in [-0.05, 0) is 74.1 Å². The first-order chi connectivity index (χ1) is 20.6. The Morgan fingerprint density at radius 2 is 1.58 bits per heavy atom. The lowest BCUT2D eigenvalue weighted by Crippen LogP contribution is -2.54. The van der Waals surface area contributed by atoms with E-state index >= 15 is 0 Å². The zero-order valence-corrected chi connectivity index (χ0v) is 26.1. The summed E-state index contributed by atoms with van der Waals surface area (Å²) >= 11 is 0. The van der Waals surface area contributed by atoms with Crippen LogP contribution in [0.5, 0.6) is 0 Å². The number of benzene rings is 3. The summed E-state index contributed by atoms with van der Waals surface area (Å²) in [7, 11) is -4.15. The van der Waals surface area contributed by atoms with Gasteiger partial charge < -0.3 is 10.2 Å². The van der Waals surface area contributed by atoms with Crippen molar-refractivity contribution in [3.63, 3.8) is 0 Å². The van der Waals surface area contributed by atoms with Gasteiger partial charge >= 0.3 is 0 Å². The Morgan fingerprint density at radius 3 is 2.21 bits per heavy atom. The summed E-state index contributed by atoms with van der Waals surface area (Å²) in [4.78, 5) is 29.5. The van der Waals surface area contributed by atoms with Crippen molar-refractivity contribution < 1.29 is 22.4 Å². The molecule has 43 heavy (non-hydrogen) atoms. The first-order valence-electron chi connectivity index (χ1n) is 15.2. The Kier molecular flexibility index (Phi) is 11.0. The van der Waals surface area contributed by atoms with Crippen molar-refractivity contribution >= 4 is 27.5 Å². The number of halogens is 1. The number of amides is 2. The highest BCUT2D eigenvalue weighted by Gasteiger charge is 2.35. The molecule has 1 saturated carbocycles. The van der Waals surface area contributed by atoms with Crippen LogP contribution in [0.15, 0.2) is 77.7 Å². The zero-order chi connectivity index (χ0) is 31.0. The van der Waals surface area contributed by atoms with Gasteiger partial charge in [0.1, 0.15) is 18.4 Å². The van der Waals surface area contributed by atoms with Crippen molar-refractivity contribution in [3.05, 3.63) is 95.3 Å². The van der Waals surface area contributed by atoms with Gasteiger partial charge in [-0.25, -0.2) is 12.8 Å². The molecule has 1 N–H and O–H groups in total. The van der Waals surface area contributed by atoms with Crippen LogP contribution in [0.3, 0.4) is 0 Å². The van der Waals surface area contributed by atoms with E-state index < -0.39 is 34.3 Å². The van der Waals surface area contributed by atoms with E-state index in [1.54, 1.807) is 48.5 Å². The molecule has 0 bridgehead atoms. The van der Waals surface area contributed by atoms with Gasteiger partial charge in [-0.2, -0.15) is 0 Å². The molecule has 9 heteroatoms. The number of sulfonamides is 1. The Hall–Kier alpha value is -3.72. The minimum Gasteiger partial charge on any atom is -0.352 e. The van der Waals surface area contributed by atoms with Crippen molar-refractivity contribution in [1.82, 2.24) is 10.2 Å². The molecule has 0 heterocycles. The van der Waals surface area contributed by atoms with E-state index in [9.17, 15) is 22.4 Å². The van der Waals surface area contributed by atoms with Crippen LogP contribution in [0.1, 0.15) is 69.1 Å². The number of aryl methyl sites for hydroxylation is 2. The third-order valence-electron chi connectivity index (χ3n) is 8.13. The maximum absolute atomic E-state index is 14.3. The number of rotatable bonds is 12. The summed E-state index contributed by atoms with van der Waals surface area (Å²) in [5, 5.41) is 3.14. The average molecular weight is 608 g/mol. The number of carbonyl (C=O) groups excluding carboxylic acids is 2. The number of anilines is 1. The van der Waals surface area contributed by atoms with Crippen LogP contribution < -0.4 is 9.62 Å². The van der Waals surface area contributed by atoms with Crippen LogP contribution >= 0.6 is 0 Å². The third kappa shape index (κ3) is 8.02. The first-order valence-corrected chi connectivity index (χ1v) is 16.6. The SMILES string of the molecule is CCc1ccccc1N(CC(=O)N(Cc1ccc(F)cc1)C(CC)C(=O)NC1CCCCC1)S(=O)(=O)c1ccc(C)cc1. The number of nitrogens with one attached hydrogen (secondary N) is 1. The van der Waals surface area contributed by atoms with Gasteiger partial charge in [0, 0.05) is 12.6 Å². The Morgan fingerprint density at radius 1 is 0.930 bits per heavy atom. The summed E-state index contributed by atoms with van der Waals surface area (Å²) in [5.41, 5.74) is 2.75. The monoisotopic (exact) mass is 607 g/mol. The molecule has 3 aromatic carbocycles. The molecule has 4 rings (SSSR count). The molecule has 0 aromatic heterocycles. The third-order valence-corrected chi connectivity index (χ3v) is 9.91. The lowest BCUT2D eigenvalue weighted by atomic mass is 9.95. The summed E-state index contributed by atoms with van der Waals surface area (Å²) in [5.74, 6) is -1.18. The topological polar surface area (TPSA) is 86.8 Å². The summed E-state index contributed by atoms with van der Waals surface area (Å²) in [6.07, 6.45) is 5.91. The molecular weight excluding hydrogens is 565 g/mol. The Labute approximate surface area is 255 Å². The average Bonchev–Trinajstić information content (AvgIpc) is 3.01. The molecule has 0 saturated heterocycles. The summed E-state index contributed by atoms with van der Waals surface area (Å²) in [6.45, 7) is 5.18. The lowest BCUT2D eigenvalue weighted by Gasteiger charge is -2.35. The maximum atomic E-state index is 14.3. The van der Waals surface area contributed by atoms with Crippen LogP contribution in [0.2, 0.25) is 0 Å². The van der Waals surface area contributed by atoms with Gasteiger partial charge in [0.2, 0.25) is 11.8 Å². The van der Waals surface area contributed by atoms with E-state index in [-0.39, 0.29) is 23.4 Å². The van der Waals surface area contributed by atoms with Crippen LogP contribution in [-0.4, -0.2) is 43.8 Å². The van der Waals surface area contributed by atoms with Gasteiger partial charge in [-0.15, -0.1) is 0 Å². The quantitative estimate of drug-likeness (QED) is 0.268. The normalized spacial score (nSPS) is 14.6. The minimum absolute atomic E-state index is 0.0313. The van der Waals surface area contributed by atoms with Crippen LogP contribution in [0.25, 0.3) is 0 Å². The summed E-state index contributed by atoms with van der Waals surface area (Å²) < 4.78 is 43.2. The Bertz CT molecular complexity index is 1490. The van der Waals surface area contributed by atoms with Gasteiger partial charge in [-0.1, -0.05) is 81.1 Å².